The van der Waals surface area contributed by atoms with Gasteiger partial charge in [0.05, 0.1) is 0 Å². The second kappa shape index (κ2) is 9.36. The first-order valence-corrected chi connectivity index (χ1v) is 13.6. The first-order valence-electron chi connectivity index (χ1n) is 12.7. The molecule has 2 aromatic carbocycles. The Bertz CT molecular complexity index is 1200. The molecule has 1 amide bonds. The van der Waals surface area contributed by atoms with Crippen molar-refractivity contribution in [3.63, 3.8) is 0 Å². The number of Topliss-reactive ketones (excluding diaryl/α,β-unsaturated/α-hetero) is 1. The molecule has 2 aromatic rings. The highest BCUT2D eigenvalue weighted by Gasteiger charge is 2.53. The minimum absolute atomic E-state index is 0.276. The van der Waals surface area contributed by atoms with E-state index in [4.69, 9.17) is 4.74 Å². The Kier molecular flexibility index (Phi) is 6.17. The number of piperazine rings is 1. The molecule has 2 unspecified atom stereocenters. The average molecular weight is 511 g/mol. The molecule has 2 saturated heterocycles. The number of nitrogens with one attached hydrogen (secondary N) is 2. The summed E-state index contributed by atoms with van der Waals surface area (Å²) in [5.41, 5.74) is 4.18. The molecular formula is C27H31FN4O3S. The van der Waals surface area contributed by atoms with Crippen molar-refractivity contribution in [1.29, 1.82) is 0 Å². The molecule has 36 heavy (non-hydrogen) atoms. The van der Waals surface area contributed by atoms with Gasteiger partial charge in [-0.25, -0.2) is 4.39 Å². The third-order valence-corrected chi connectivity index (χ3v) is 8.67. The molecular weight excluding hydrogens is 479 g/mol. The molecule has 0 bridgehead atoms. The zero-order chi connectivity index (χ0) is 25.0. The molecule has 2 atom stereocenters. The van der Waals surface area contributed by atoms with Crippen LogP contribution < -0.4 is 19.7 Å². The first-order chi connectivity index (χ1) is 17.4. The van der Waals surface area contributed by atoms with E-state index in [0.29, 0.717) is 17.7 Å². The second-order valence-electron chi connectivity index (χ2n) is 10.2. The van der Waals surface area contributed by atoms with Crippen LogP contribution in [0, 0.1) is 25.6 Å². The summed E-state index contributed by atoms with van der Waals surface area (Å²) in [6.07, 6.45) is 2.02. The molecule has 3 aliphatic heterocycles. The van der Waals surface area contributed by atoms with Crippen LogP contribution in [0.5, 0.6) is 5.75 Å². The van der Waals surface area contributed by atoms with Crippen molar-refractivity contribution in [1.82, 2.24) is 14.9 Å². The van der Waals surface area contributed by atoms with Crippen molar-refractivity contribution >= 4 is 29.3 Å². The predicted molar refractivity (Wildman–Crippen MR) is 139 cm³/mol. The summed E-state index contributed by atoms with van der Waals surface area (Å²) in [5.74, 6) is -0.962. The molecule has 3 heterocycles. The summed E-state index contributed by atoms with van der Waals surface area (Å²) in [6.45, 7) is 9.55. The Hall–Kier alpha value is -2.62. The normalized spacial score (nSPS) is 23.9. The second-order valence-corrected chi connectivity index (χ2v) is 11.1. The smallest absolute Gasteiger partial charge is 0.243 e. The zero-order valence-corrected chi connectivity index (χ0v) is 21.4. The Morgan fingerprint density at radius 3 is 2.47 bits per heavy atom. The van der Waals surface area contributed by atoms with Crippen LogP contribution in [0.3, 0.4) is 0 Å². The molecule has 7 nitrogen and oxygen atoms in total. The minimum atomic E-state index is -0.782. The fourth-order valence-corrected chi connectivity index (χ4v) is 6.79. The number of aryl methyl sites for hydroxylation is 2. The van der Waals surface area contributed by atoms with Crippen molar-refractivity contribution in [2.75, 3.05) is 44.2 Å². The average Bonchev–Trinajstić information content (AvgIpc) is 3.63. The van der Waals surface area contributed by atoms with Gasteiger partial charge in [0, 0.05) is 55.6 Å². The molecule has 190 valence electrons. The van der Waals surface area contributed by atoms with Crippen LogP contribution >= 0.6 is 11.9 Å². The third-order valence-electron chi connectivity index (χ3n) is 7.61. The summed E-state index contributed by atoms with van der Waals surface area (Å²) in [6, 6.07) is 7.33. The maximum absolute atomic E-state index is 15.5. The summed E-state index contributed by atoms with van der Waals surface area (Å²) < 4.78 is 24.4. The van der Waals surface area contributed by atoms with Crippen molar-refractivity contribution in [3.05, 3.63) is 46.8 Å². The Labute approximate surface area is 214 Å². The van der Waals surface area contributed by atoms with E-state index in [-0.39, 0.29) is 23.1 Å². The maximum atomic E-state index is 15.5. The number of carbonyl (C=O) groups is 2. The van der Waals surface area contributed by atoms with Gasteiger partial charge in [-0.05, 0) is 79.6 Å². The number of ketones is 1. The van der Waals surface area contributed by atoms with E-state index in [1.165, 1.54) is 18.0 Å². The SMILES string of the molecule is Cc1cc(-c2cc3c(cc2F)C(=O)C2C(=O)NSC2N3C2CC2)cc(C)c1OCCN1CCNCC1. The predicted octanol–water partition coefficient (Wildman–Crippen LogP) is 3.28. The lowest BCUT2D eigenvalue weighted by molar-refractivity contribution is -0.120. The molecule has 9 heteroatoms. The minimum Gasteiger partial charge on any atom is -0.492 e. The van der Waals surface area contributed by atoms with Gasteiger partial charge in [-0.15, -0.1) is 0 Å². The highest BCUT2D eigenvalue weighted by atomic mass is 32.2. The quantitative estimate of drug-likeness (QED) is 0.457. The number of hydrogen-bond donors (Lipinski definition) is 2. The summed E-state index contributed by atoms with van der Waals surface area (Å²) in [4.78, 5) is 30.1. The van der Waals surface area contributed by atoms with Gasteiger partial charge in [0.2, 0.25) is 5.91 Å². The molecule has 2 N–H and O–H groups in total. The largest absolute Gasteiger partial charge is 0.492 e. The van der Waals surface area contributed by atoms with Gasteiger partial charge in [-0.3, -0.25) is 19.2 Å². The van der Waals surface area contributed by atoms with Crippen molar-refractivity contribution in [2.24, 2.45) is 5.92 Å². The molecule has 0 spiro atoms. The number of carbonyl (C=O) groups excluding carboxylic acids is 2. The van der Waals surface area contributed by atoms with E-state index in [1.807, 2.05) is 26.0 Å². The van der Waals surface area contributed by atoms with Crippen LogP contribution in [0.2, 0.25) is 0 Å². The van der Waals surface area contributed by atoms with E-state index in [1.54, 1.807) is 6.07 Å². The number of hydrogen-bond acceptors (Lipinski definition) is 7. The lowest BCUT2D eigenvalue weighted by Crippen LogP contribution is -2.47. The highest BCUT2D eigenvalue weighted by Crippen LogP contribution is 2.48. The van der Waals surface area contributed by atoms with Crippen LogP contribution in [0.1, 0.15) is 34.3 Å². The Morgan fingerprint density at radius 1 is 1.06 bits per heavy atom. The lowest BCUT2D eigenvalue weighted by Gasteiger charge is -2.38. The number of halogens is 1. The van der Waals surface area contributed by atoms with E-state index in [0.717, 1.165) is 73.7 Å². The number of benzene rings is 2. The molecule has 1 saturated carbocycles. The maximum Gasteiger partial charge on any atom is 0.243 e. The van der Waals surface area contributed by atoms with Gasteiger partial charge in [-0.1, -0.05) is 0 Å². The number of anilines is 1. The Morgan fingerprint density at radius 2 is 1.78 bits per heavy atom. The van der Waals surface area contributed by atoms with Crippen LogP contribution in [0.15, 0.2) is 24.3 Å². The van der Waals surface area contributed by atoms with E-state index in [2.05, 4.69) is 19.8 Å². The number of fused-ring (bicyclic) bond motifs is 2. The Balaban J connectivity index is 1.29. The van der Waals surface area contributed by atoms with Crippen LogP contribution in [-0.2, 0) is 4.79 Å². The van der Waals surface area contributed by atoms with Gasteiger partial charge in [0.25, 0.3) is 0 Å². The number of rotatable bonds is 6. The van der Waals surface area contributed by atoms with Crippen LogP contribution in [-0.4, -0.2) is 67.3 Å². The van der Waals surface area contributed by atoms with Crippen molar-refractivity contribution in [3.8, 4) is 16.9 Å². The summed E-state index contributed by atoms with van der Waals surface area (Å²) >= 11 is 1.30. The van der Waals surface area contributed by atoms with E-state index >= 15 is 4.39 Å². The first kappa shape index (κ1) is 23.8. The number of nitrogens with zero attached hydrogens (tertiary/aromatic N) is 2. The summed E-state index contributed by atoms with van der Waals surface area (Å²) in [7, 11) is 0. The molecule has 0 radical (unpaired) electrons. The topological polar surface area (TPSA) is 73.9 Å². The van der Waals surface area contributed by atoms with Crippen LogP contribution in [0.25, 0.3) is 11.1 Å². The van der Waals surface area contributed by atoms with Crippen molar-refractivity contribution in [2.45, 2.75) is 38.1 Å². The van der Waals surface area contributed by atoms with E-state index < -0.39 is 11.7 Å². The van der Waals surface area contributed by atoms with Crippen molar-refractivity contribution < 1.29 is 18.7 Å². The van der Waals surface area contributed by atoms with Crippen LogP contribution in [0.4, 0.5) is 10.1 Å². The molecule has 4 aliphatic rings. The molecule has 0 aromatic heterocycles. The number of ether oxygens (including phenoxy) is 1. The fraction of sp³-hybridized carbons (Fsp3) is 0.481. The third kappa shape index (κ3) is 4.17. The molecule has 6 rings (SSSR count). The fourth-order valence-electron chi connectivity index (χ4n) is 5.65. The van der Waals surface area contributed by atoms with Gasteiger partial charge in [0.1, 0.15) is 29.5 Å². The lowest BCUT2D eigenvalue weighted by atomic mass is 9.87. The standard InChI is InChI=1S/C27H31FN4O3S/c1-15-11-17(12-16(2)25(15)35-10-9-31-7-5-29-6-8-31)19-14-22-20(13-21(19)28)24(33)23-26(34)30-36-27(23)32(22)18-3-4-18/h11-14,18,23,27,29H,3-10H2,1-2H3,(H,30,34). The zero-order valence-electron chi connectivity index (χ0n) is 20.6. The molecule has 3 fully saturated rings. The van der Waals surface area contributed by atoms with Gasteiger partial charge in [0.15, 0.2) is 5.78 Å². The highest BCUT2D eigenvalue weighted by molar-refractivity contribution is 7.99. The monoisotopic (exact) mass is 510 g/mol. The van der Waals surface area contributed by atoms with Gasteiger partial charge < -0.3 is 15.0 Å². The molecule has 1 aliphatic carbocycles. The summed E-state index contributed by atoms with van der Waals surface area (Å²) in [5, 5.41) is 3.08. The van der Waals surface area contributed by atoms with E-state index in [9.17, 15) is 9.59 Å². The van der Waals surface area contributed by atoms with Gasteiger partial charge >= 0.3 is 0 Å². The van der Waals surface area contributed by atoms with Gasteiger partial charge in [-0.2, -0.15) is 0 Å². The number of amides is 1.